The quantitative estimate of drug-likeness (QED) is 0.662. The van der Waals surface area contributed by atoms with Gasteiger partial charge in [-0.25, -0.2) is 0 Å². The van der Waals surface area contributed by atoms with Crippen molar-refractivity contribution in [1.29, 1.82) is 0 Å². The maximum Gasteiger partial charge on any atom is 0.306 e. The first-order valence-electron chi connectivity index (χ1n) is 6.26. The van der Waals surface area contributed by atoms with Gasteiger partial charge in [-0.15, -0.1) is 0 Å². The van der Waals surface area contributed by atoms with Crippen molar-refractivity contribution in [3.8, 4) is 0 Å². The highest BCUT2D eigenvalue weighted by Crippen LogP contribution is 2.23. The van der Waals surface area contributed by atoms with Gasteiger partial charge in [0.1, 0.15) is 0 Å². The lowest BCUT2D eigenvalue weighted by Gasteiger charge is -2.25. The Hall–Kier alpha value is -1.10. The Balaban J connectivity index is 2.22. The van der Waals surface area contributed by atoms with Crippen molar-refractivity contribution < 1.29 is 14.7 Å². The summed E-state index contributed by atoms with van der Waals surface area (Å²) in [5, 5.41) is 11.5. The van der Waals surface area contributed by atoms with Gasteiger partial charge in [-0.3, -0.25) is 9.59 Å². The third kappa shape index (κ3) is 4.73. The lowest BCUT2D eigenvalue weighted by molar-refractivity contribution is -0.141. The number of amides is 1. The summed E-state index contributed by atoms with van der Waals surface area (Å²) in [5.41, 5.74) is 5.82. The fraction of sp³-hybridized carbons (Fsp3) is 0.833. The van der Waals surface area contributed by atoms with Gasteiger partial charge in [0.2, 0.25) is 5.91 Å². The highest BCUT2D eigenvalue weighted by Gasteiger charge is 2.25. The Bertz CT molecular complexity index is 281. The molecule has 5 heteroatoms. The number of nitrogens with two attached hydrogens (primary N) is 1. The molecule has 5 nitrogen and oxygen atoms in total. The molecule has 0 bridgehead atoms. The average Bonchev–Trinajstić information content (AvgIpc) is 2.28. The van der Waals surface area contributed by atoms with Crippen LogP contribution in [0.4, 0.5) is 0 Å². The summed E-state index contributed by atoms with van der Waals surface area (Å²) in [7, 11) is 0. The van der Waals surface area contributed by atoms with Crippen LogP contribution in [0.2, 0.25) is 0 Å². The highest BCUT2D eigenvalue weighted by atomic mass is 16.4. The number of carbonyl (C=O) groups excluding carboxylic acids is 1. The molecule has 17 heavy (non-hydrogen) atoms. The molecule has 3 atom stereocenters. The van der Waals surface area contributed by atoms with E-state index in [-0.39, 0.29) is 17.9 Å². The van der Waals surface area contributed by atoms with Crippen molar-refractivity contribution in [3.05, 3.63) is 0 Å². The molecule has 0 aromatic rings. The zero-order valence-corrected chi connectivity index (χ0v) is 10.3. The fourth-order valence-corrected chi connectivity index (χ4v) is 2.15. The smallest absolute Gasteiger partial charge is 0.306 e. The van der Waals surface area contributed by atoms with Crippen molar-refractivity contribution in [3.63, 3.8) is 0 Å². The average molecular weight is 242 g/mol. The van der Waals surface area contributed by atoms with E-state index in [9.17, 15) is 9.59 Å². The number of carbonyl (C=O) groups is 2. The molecule has 1 amide bonds. The molecule has 0 aliphatic heterocycles. The molecule has 0 radical (unpaired) electrons. The van der Waals surface area contributed by atoms with Gasteiger partial charge >= 0.3 is 5.97 Å². The van der Waals surface area contributed by atoms with Crippen molar-refractivity contribution in [2.45, 2.75) is 45.1 Å². The van der Waals surface area contributed by atoms with E-state index in [1.807, 2.05) is 0 Å². The van der Waals surface area contributed by atoms with E-state index in [0.717, 1.165) is 25.7 Å². The third-order valence-electron chi connectivity index (χ3n) is 3.38. The summed E-state index contributed by atoms with van der Waals surface area (Å²) in [6.45, 7) is 2.07. The van der Waals surface area contributed by atoms with Crippen LogP contribution in [-0.2, 0) is 9.59 Å². The molecule has 3 unspecified atom stereocenters. The summed E-state index contributed by atoms with van der Waals surface area (Å²) in [4.78, 5) is 22.4. The van der Waals surface area contributed by atoms with Gasteiger partial charge < -0.3 is 16.2 Å². The van der Waals surface area contributed by atoms with Crippen LogP contribution in [0.25, 0.3) is 0 Å². The highest BCUT2D eigenvalue weighted by molar-refractivity contribution is 5.78. The molecular weight excluding hydrogens is 220 g/mol. The molecule has 0 saturated heterocycles. The Morgan fingerprint density at radius 2 is 2.18 bits per heavy atom. The minimum atomic E-state index is -0.820. The Labute approximate surface area is 102 Å². The lowest BCUT2D eigenvalue weighted by Crippen LogP contribution is -2.38. The second kappa shape index (κ2) is 6.59. The number of nitrogens with one attached hydrogen (secondary N) is 1. The summed E-state index contributed by atoms with van der Waals surface area (Å²) < 4.78 is 0. The second-order valence-corrected chi connectivity index (χ2v) is 4.94. The molecular formula is C12H22N2O3. The van der Waals surface area contributed by atoms with Gasteiger partial charge in [0.25, 0.3) is 0 Å². The summed E-state index contributed by atoms with van der Waals surface area (Å²) >= 11 is 0. The number of hydrogen-bond acceptors (Lipinski definition) is 3. The van der Waals surface area contributed by atoms with Gasteiger partial charge in [0.05, 0.1) is 5.92 Å². The van der Waals surface area contributed by atoms with E-state index in [1.165, 1.54) is 0 Å². The molecule has 98 valence electrons. The minimum Gasteiger partial charge on any atom is -0.481 e. The molecule has 1 saturated carbocycles. The predicted molar refractivity (Wildman–Crippen MR) is 64.4 cm³/mol. The van der Waals surface area contributed by atoms with Gasteiger partial charge in [0, 0.05) is 18.5 Å². The predicted octanol–water partition coefficient (Wildman–Crippen LogP) is 0.731. The van der Waals surface area contributed by atoms with E-state index < -0.39 is 11.9 Å². The number of hydrogen-bond donors (Lipinski definition) is 3. The fourth-order valence-electron chi connectivity index (χ4n) is 2.15. The van der Waals surface area contributed by atoms with Crippen molar-refractivity contribution in [2.24, 2.45) is 17.6 Å². The monoisotopic (exact) mass is 242 g/mol. The molecule has 1 aliphatic carbocycles. The van der Waals surface area contributed by atoms with Crippen LogP contribution < -0.4 is 11.1 Å². The molecule has 0 heterocycles. The van der Waals surface area contributed by atoms with Crippen LogP contribution in [-0.4, -0.2) is 29.6 Å². The molecule has 0 spiro atoms. The molecule has 1 rings (SSSR count). The first-order valence-corrected chi connectivity index (χ1v) is 6.26. The van der Waals surface area contributed by atoms with Gasteiger partial charge in [-0.2, -0.15) is 0 Å². The Morgan fingerprint density at radius 3 is 2.76 bits per heavy atom. The van der Waals surface area contributed by atoms with Crippen LogP contribution in [0.1, 0.15) is 39.0 Å². The van der Waals surface area contributed by atoms with Crippen LogP contribution in [0.15, 0.2) is 0 Å². The molecule has 1 fully saturated rings. The maximum absolute atomic E-state index is 11.8. The van der Waals surface area contributed by atoms with Crippen LogP contribution >= 0.6 is 0 Å². The Morgan fingerprint density at radius 1 is 1.47 bits per heavy atom. The first kappa shape index (κ1) is 14.0. The van der Waals surface area contributed by atoms with E-state index in [0.29, 0.717) is 13.0 Å². The van der Waals surface area contributed by atoms with Gasteiger partial charge in [-0.1, -0.05) is 13.3 Å². The second-order valence-electron chi connectivity index (χ2n) is 4.94. The van der Waals surface area contributed by atoms with E-state index >= 15 is 0 Å². The molecule has 1 aliphatic rings. The van der Waals surface area contributed by atoms with Crippen molar-refractivity contribution >= 4 is 11.9 Å². The van der Waals surface area contributed by atoms with Gasteiger partial charge in [0.15, 0.2) is 0 Å². The maximum atomic E-state index is 11.8. The van der Waals surface area contributed by atoms with Crippen LogP contribution in [0, 0.1) is 11.8 Å². The van der Waals surface area contributed by atoms with Gasteiger partial charge in [-0.05, 0) is 25.7 Å². The zero-order valence-electron chi connectivity index (χ0n) is 10.3. The first-order chi connectivity index (χ1) is 8.00. The molecule has 0 aromatic carbocycles. The summed E-state index contributed by atoms with van der Waals surface area (Å²) in [6.07, 6.45) is 4.12. The van der Waals surface area contributed by atoms with Crippen LogP contribution in [0.3, 0.4) is 0 Å². The SMILES string of the molecule is CC(CCNC(=O)C1CCCC(N)C1)C(=O)O. The standard InChI is InChI=1S/C12H22N2O3/c1-8(12(16)17)5-6-14-11(15)9-3-2-4-10(13)7-9/h8-10H,2-7,13H2,1H3,(H,14,15)(H,16,17). The number of carboxylic acid groups (broad SMARTS) is 1. The van der Waals surface area contributed by atoms with E-state index in [1.54, 1.807) is 6.92 Å². The molecule has 0 aromatic heterocycles. The van der Waals surface area contributed by atoms with Crippen LogP contribution in [0.5, 0.6) is 0 Å². The normalized spacial score (nSPS) is 26.2. The minimum absolute atomic E-state index is 0.0129. The van der Waals surface area contributed by atoms with Crippen molar-refractivity contribution in [1.82, 2.24) is 5.32 Å². The largest absolute Gasteiger partial charge is 0.481 e. The Kier molecular flexibility index (Phi) is 5.41. The lowest BCUT2D eigenvalue weighted by atomic mass is 9.85. The summed E-state index contributed by atoms with van der Waals surface area (Å²) in [6, 6.07) is 0.137. The zero-order chi connectivity index (χ0) is 12.8. The van der Waals surface area contributed by atoms with Crippen molar-refractivity contribution in [2.75, 3.05) is 6.54 Å². The summed E-state index contributed by atoms with van der Waals surface area (Å²) in [5.74, 6) is -1.19. The topological polar surface area (TPSA) is 92.4 Å². The van der Waals surface area contributed by atoms with E-state index in [4.69, 9.17) is 10.8 Å². The molecule has 4 N–H and O–H groups in total. The number of aliphatic carboxylic acids is 1. The number of carboxylic acids is 1. The van der Waals surface area contributed by atoms with E-state index in [2.05, 4.69) is 5.32 Å². The number of rotatable bonds is 5. The third-order valence-corrected chi connectivity index (χ3v) is 3.38.